The van der Waals surface area contributed by atoms with Crippen LogP contribution < -0.4 is 5.32 Å². The molecule has 1 aromatic heterocycles. The second-order valence-electron chi connectivity index (χ2n) is 8.50. The summed E-state index contributed by atoms with van der Waals surface area (Å²) in [5, 5.41) is 15.2. The topological polar surface area (TPSA) is 102 Å². The van der Waals surface area contributed by atoms with Crippen molar-refractivity contribution in [3.8, 4) is 11.4 Å². The van der Waals surface area contributed by atoms with Gasteiger partial charge in [-0.25, -0.2) is 4.39 Å². The third-order valence-electron chi connectivity index (χ3n) is 6.13. The number of rotatable bonds is 8. The van der Waals surface area contributed by atoms with Crippen molar-refractivity contribution < 1.29 is 18.7 Å². The smallest absolute Gasteiger partial charge is 0.247 e. The minimum Gasteiger partial charge on any atom is -0.376 e. The maximum absolute atomic E-state index is 13.2. The van der Waals surface area contributed by atoms with E-state index >= 15 is 0 Å². The van der Waals surface area contributed by atoms with Gasteiger partial charge in [-0.05, 0) is 62.1 Å². The van der Waals surface area contributed by atoms with Gasteiger partial charge in [0.15, 0.2) is 0 Å². The first-order valence-electron chi connectivity index (χ1n) is 11.2. The van der Waals surface area contributed by atoms with E-state index in [1.807, 2.05) is 0 Å². The van der Waals surface area contributed by atoms with E-state index in [0.29, 0.717) is 24.5 Å². The minimum atomic E-state index is -0.632. The molecule has 2 amide bonds. The molecule has 1 saturated carbocycles. The molecular weight excluding hydrogens is 415 g/mol. The molecule has 32 heavy (non-hydrogen) atoms. The van der Waals surface area contributed by atoms with Gasteiger partial charge in [0.05, 0.1) is 6.10 Å². The van der Waals surface area contributed by atoms with Crippen molar-refractivity contribution in [1.29, 1.82) is 0 Å². The highest BCUT2D eigenvalue weighted by molar-refractivity contribution is 5.87. The van der Waals surface area contributed by atoms with Crippen LogP contribution in [0.25, 0.3) is 11.4 Å². The predicted molar refractivity (Wildman–Crippen MR) is 114 cm³/mol. The Morgan fingerprint density at radius 3 is 2.66 bits per heavy atom. The monoisotopic (exact) mass is 444 g/mol. The van der Waals surface area contributed by atoms with Crippen molar-refractivity contribution in [2.24, 2.45) is 0 Å². The number of carbonyl (C=O) groups excluding carboxylic acids is 2. The molecule has 1 aliphatic heterocycles. The van der Waals surface area contributed by atoms with Gasteiger partial charge >= 0.3 is 0 Å². The summed E-state index contributed by atoms with van der Waals surface area (Å²) in [6.07, 6.45) is 5.91. The molecule has 2 atom stereocenters. The number of nitrogens with one attached hydrogen (secondary N) is 1. The van der Waals surface area contributed by atoms with Crippen LogP contribution in [0.4, 0.5) is 4.39 Å². The number of tetrazole rings is 1. The quantitative estimate of drug-likeness (QED) is 0.668. The predicted octanol–water partition coefficient (Wildman–Crippen LogP) is 1.93. The van der Waals surface area contributed by atoms with Crippen molar-refractivity contribution >= 4 is 11.8 Å². The molecule has 2 aliphatic rings. The fourth-order valence-corrected chi connectivity index (χ4v) is 4.25. The molecule has 10 heteroatoms. The number of nitrogens with zero attached hydrogens (tertiary/aromatic N) is 5. The molecule has 4 rings (SSSR count). The van der Waals surface area contributed by atoms with E-state index in [1.54, 1.807) is 24.0 Å². The van der Waals surface area contributed by atoms with Crippen LogP contribution in [0, 0.1) is 5.82 Å². The van der Waals surface area contributed by atoms with Gasteiger partial charge in [-0.1, -0.05) is 12.8 Å². The van der Waals surface area contributed by atoms with E-state index in [0.717, 1.165) is 38.5 Å². The zero-order chi connectivity index (χ0) is 22.5. The normalized spacial score (nSPS) is 19.8. The highest BCUT2D eigenvalue weighted by Crippen LogP contribution is 2.19. The zero-order valence-electron chi connectivity index (χ0n) is 18.2. The van der Waals surface area contributed by atoms with Gasteiger partial charge in [0, 0.05) is 24.8 Å². The van der Waals surface area contributed by atoms with Crippen LogP contribution in [0.15, 0.2) is 24.3 Å². The van der Waals surface area contributed by atoms with E-state index in [4.69, 9.17) is 4.74 Å². The number of hydrogen-bond acceptors (Lipinski definition) is 6. The van der Waals surface area contributed by atoms with Crippen LogP contribution in [-0.2, 0) is 20.9 Å². The standard InChI is InChI=1S/C22H29FN6O3/c1-15(22(31)24-18-5-2-3-6-18)28(13-19-7-4-12-32-19)20(30)14-29-26-21(25-27-29)16-8-10-17(23)11-9-16/h8-11,15,18-19H,2-7,12-14H2,1H3,(H,24,31). The molecule has 0 radical (unpaired) electrons. The van der Waals surface area contributed by atoms with Crippen LogP contribution in [0.1, 0.15) is 45.4 Å². The molecule has 172 valence electrons. The van der Waals surface area contributed by atoms with Crippen LogP contribution in [0.3, 0.4) is 0 Å². The lowest BCUT2D eigenvalue weighted by atomic mass is 10.1. The average molecular weight is 445 g/mol. The minimum absolute atomic E-state index is 0.0841. The second kappa shape index (κ2) is 10.2. The maximum Gasteiger partial charge on any atom is 0.247 e. The van der Waals surface area contributed by atoms with Gasteiger partial charge in [0.1, 0.15) is 18.4 Å². The number of halogens is 1. The molecule has 9 nitrogen and oxygen atoms in total. The summed E-state index contributed by atoms with van der Waals surface area (Å²) in [4.78, 5) is 28.8. The summed E-state index contributed by atoms with van der Waals surface area (Å²) < 4.78 is 18.9. The summed E-state index contributed by atoms with van der Waals surface area (Å²) >= 11 is 0. The maximum atomic E-state index is 13.2. The Morgan fingerprint density at radius 2 is 1.97 bits per heavy atom. The number of carbonyl (C=O) groups is 2. The Balaban J connectivity index is 1.44. The SMILES string of the molecule is CC(C(=O)NC1CCCC1)N(CC1CCCO1)C(=O)Cn1nnc(-c2ccc(F)cc2)n1. The highest BCUT2D eigenvalue weighted by atomic mass is 19.1. The van der Waals surface area contributed by atoms with Crippen LogP contribution in [-0.4, -0.2) is 68.3 Å². The van der Waals surface area contributed by atoms with Gasteiger partial charge in [-0.3, -0.25) is 9.59 Å². The van der Waals surface area contributed by atoms with Gasteiger partial charge in [-0.2, -0.15) is 4.80 Å². The molecule has 1 saturated heterocycles. The van der Waals surface area contributed by atoms with Crippen molar-refractivity contribution in [2.75, 3.05) is 13.2 Å². The number of amides is 2. The van der Waals surface area contributed by atoms with Gasteiger partial charge in [0.2, 0.25) is 17.6 Å². The van der Waals surface area contributed by atoms with E-state index in [-0.39, 0.29) is 36.3 Å². The average Bonchev–Trinajstić information content (AvgIpc) is 3.55. The Kier molecular flexibility index (Phi) is 7.09. The van der Waals surface area contributed by atoms with Crippen LogP contribution in [0.5, 0.6) is 0 Å². The lowest BCUT2D eigenvalue weighted by molar-refractivity contribution is -0.142. The van der Waals surface area contributed by atoms with E-state index in [9.17, 15) is 14.0 Å². The lowest BCUT2D eigenvalue weighted by Crippen LogP contribution is -2.52. The summed E-state index contributed by atoms with van der Waals surface area (Å²) in [6, 6.07) is 5.28. The van der Waals surface area contributed by atoms with E-state index in [1.165, 1.54) is 16.9 Å². The zero-order valence-corrected chi connectivity index (χ0v) is 18.2. The summed E-state index contributed by atoms with van der Waals surface area (Å²) in [6.45, 7) is 2.61. The second-order valence-corrected chi connectivity index (χ2v) is 8.50. The van der Waals surface area contributed by atoms with E-state index in [2.05, 4.69) is 20.7 Å². The van der Waals surface area contributed by atoms with Gasteiger partial charge in [0.25, 0.3) is 0 Å². The Bertz CT molecular complexity index is 922. The first kappa shape index (κ1) is 22.3. The number of benzene rings is 1. The molecule has 0 bridgehead atoms. The Hall–Kier alpha value is -2.88. The Morgan fingerprint density at radius 1 is 1.22 bits per heavy atom. The van der Waals surface area contributed by atoms with Crippen LogP contribution in [0.2, 0.25) is 0 Å². The van der Waals surface area contributed by atoms with Crippen LogP contribution >= 0.6 is 0 Å². The lowest BCUT2D eigenvalue weighted by Gasteiger charge is -2.31. The highest BCUT2D eigenvalue weighted by Gasteiger charge is 2.31. The Labute approximate surface area is 186 Å². The number of hydrogen-bond donors (Lipinski definition) is 1. The summed E-state index contributed by atoms with van der Waals surface area (Å²) in [7, 11) is 0. The molecule has 2 heterocycles. The summed E-state index contributed by atoms with van der Waals surface area (Å²) in [5.74, 6) is -0.485. The number of aromatic nitrogens is 4. The fraction of sp³-hybridized carbons (Fsp3) is 0.591. The van der Waals surface area contributed by atoms with E-state index < -0.39 is 6.04 Å². The third kappa shape index (κ3) is 5.48. The first-order chi connectivity index (χ1) is 15.5. The first-order valence-corrected chi connectivity index (χ1v) is 11.2. The van der Waals surface area contributed by atoms with Crippen molar-refractivity contribution in [1.82, 2.24) is 30.4 Å². The summed E-state index contributed by atoms with van der Waals surface area (Å²) in [5.41, 5.74) is 0.602. The van der Waals surface area contributed by atoms with Crippen molar-refractivity contribution in [2.45, 2.75) is 70.2 Å². The molecular formula is C22H29FN6O3. The van der Waals surface area contributed by atoms with Gasteiger partial charge < -0.3 is 15.0 Å². The third-order valence-corrected chi connectivity index (χ3v) is 6.13. The molecule has 2 fully saturated rings. The fourth-order valence-electron chi connectivity index (χ4n) is 4.25. The van der Waals surface area contributed by atoms with Crippen molar-refractivity contribution in [3.05, 3.63) is 30.1 Å². The molecule has 2 unspecified atom stereocenters. The largest absolute Gasteiger partial charge is 0.376 e. The molecule has 1 aromatic carbocycles. The molecule has 1 aliphatic carbocycles. The molecule has 2 aromatic rings. The number of ether oxygens (including phenoxy) is 1. The van der Waals surface area contributed by atoms with Gasteiger partial charge in [-0.15, -0.1) is 10.2 Å². The molecule has 1 N–H and O–H groups in total. The molecule has 0 spiro atoms. The van der Waals surface area contributed by atoms with Crippen molar-refractivity contribution in [3.63, 3.8) is 0 Å².